The van der Waals surface area contributed by atoms with Gasteiger partial charge in [-0.15, -0.1) is 0 Å². The molecule has 0 bridgehead atoms. The predicted octanol–water partition coefficient (Wildman–Crippen LogP) is 5.80. The van der Waals surface area contributed by atoms with E-state index in [1.165, 1.54) is 18.4 Å². The Hall–Kier alpha value is -2.13. The van der Waals surface area contributed by atoms with Crippen molar-refractivity contribution >= 4 is 20.4 Å². The second-order valence-electron chi connectivity index (χ2n) is 7.18. The van der Waals surface area contributed by atoms with Gasteiger partial charge in [-0.2, -0.15) is 0 Å². The molecule has 3 heteroatoms. The van der Waals surface area contributed by atoms with Crippen LogP contribution in [-0.4, -0.2) is 14.8 Å². The summed E-state index contributed by atoms with van der Waals surface area (Å²) in [6, 6.07) is 14.5. The zero-order valence-electron chi connectivity index (χ0n) is 16.3. The van der Waals surface area contributed by atoms with Crippen LogP contribution in [0.5, 0.6) is 5.75 Å². The Kier molecular flexibility index (Phi) is 5.77. The van der Waals surface area contributed by atoms with Gasteiger partial charge in [-0.1, -0.05) is 56.7 Å². The second-order valence-corrected chi connectivity index (χ2v) is 9.52. The van der Waals surface area contributed by atoms with Crippen molar-refractivity contribution in [3.8, 4) is 5.75 Å². The first-order valence-electron chi connectivity index (χ1n) is 9.74. The third-order valence-electron chi connectivity index (χ3n) is 4.87. The molecule has 0 amide bonds. The minimum atomic E-state index is -1.25. The van der Waals surface area contributed by atoms with Crippen molar-refractivity contribution in [3.05, 3.63) is 70.3 Å². The molecular weight excluding hydrogens is 336 g/mol. The zero-order chi connectivity index (χ0) is 18.7. The molecule has 3 rings (SSSR count). The lowest BCUT2D eigenvalue weighted by Gasteiger charge is -2.18. The Balaban J connectivity index is 2.15. The molecule has 2 aromatic carbocycles. The van der Waals surface area contributed by atoms with Crippen LogP contribution in [0.3, 0.4) is 0 Å². The van der Waals surface area contributed by atoms with Crippen molar-refractivity contribution in [2.75, 3.05) is 0 Å². The van der Waals surface area contributed by atoms with Gasteiger partial charge in [0.25, 0.3) is 0 Å². The van der Waals surface area contributed by atoms with E-state index in [-0.39, 0.29) is 5.78 Å². The van der Waals surface area contributed by atoms with Crippen LogP contribution < -0.4 is 4.43 Å². The number of benzene rings is 2. The molecule has 2 nitrogen and oxygen atoms in total. The topological polar surface area (TPSA) is 26.3 Å². The van der Waals surface area contributed by atoms with Gasteiger partial charge in [-0.25, -0.2) is 0 Å². The van der Waals surface area contributed by atoms with E-state index in [1.54, 1.807) is 0 Å². The van der Waals surface area contributed by atoms with E-state index in [0.717, 1.165) is 46.4 Å². The molecule has 0 N–H and O–H groups in total. The van der Waals surface area contributed by atoms with Crippen LogP contribution in [-0.2, 0) is 6.42 Å². The molecule has 0 spiro atoms. The number of fused-ring (bicyclic) bond motifs is 1. The molecule has 0 aromatic heterocycles. The van der Waals surface area contributed by atoms with Crippen molar-refractivity contribution in [1.29, 1.82) is 0 Å². The van der Waals surface area contributed by atoms with E-state index in [0.29, 0.717) is 0 Å². The molecule has 2 aromatic rings. The fraction of sp³-hybridized carbons (Fsp3) is 0.348. The Morgan fingerprint density at radius 2 is 1.69 bits per heavy atom. The van der Waals surface area contributed by atoms with Gasteiger partial charge in [-0.05, 0) is 49.5 Å². The molecule has 0 atom stereocenters. The molecule has 0 fully saturated rings. The molecular formula is C23H28O2Si. The minimum absolute atomic E-state index is 0.168. The van der Waals surface area contributed by atoms with Crippen LogP contribution in [0.1, 0.15) is 60.2 Å². The number of hydrogen-bond acceptors (Lipinski definition) is 2. The Morgan fingerprint density at radius 1 is 0.962 bits per heavy atom. The van der Waals surface area contributed by atoms with E-state index in [4.69, 9.17) is 4.43 Å². The average molecular weight is 365 g/mol. The number of allylic oxidation sites excluding steroid dienone is 1. The SMILES string of the molecule is CCCCc1ccc(C2=C(CC)C(=O)c3ccccc32)c(O[SiH](C)C)c1. The quantitative estimate of drug-likeness (QED) is 0.580. The van der Waals surface area contributed by atoms with E-state index in [1.807, 2.05) is 18.2 Å². The van der Waals surface area contributed by atoms with E-state index in [2.05, 4.69) is 51.2 Å². The number of unbranched alkanes of at least 4 members (excludes halogenated alkanes) is 1. The fourth-order valence-electron chi connectivity index (χ4n) is 3.64. The molecule has 1 aliphatic rings. The lowest BCUT2D eigenvalue weighted by Crippen LogP contribution is -2.13. The normalized spacial score (nSPS) is 13.5. The molecule has 0 saturated heterocycles. The molecule has 136 valence electrons. The van der Waals surface area contributed by atoms with E-state index >= 15 is 0 Å². The summed E-state index contributed by atoms with van der Waals surface area (Å²) < 4.78 is 6.31. The maximum atomic E-state index is 12.9. The van der Waals surface area contributed by atoms with Gasteiger partial charge >= 0.3 is 0 Å². The number of aryl methyl sites for hydroxylation is 1. The highest BCUT2D eigenvalue weighted by molar-refractivity contribution is 6.49. The summed E-state index contributed by atoms with van der Waals surface area (Å²) in [4.78, 5) is 12.9. The van der Waals surface area contributed by atoms with Crippen molar-refractivity contribution < 1.29 is 9.22 Å². The first-order valence-corrected chi connectivity index (χ1v) is 12.5. The van der Waals surface area contributed by atoms with Crippen LogP contribution >= 0.6 is 0 Å². The monoisotopic (exact) mass is 364 g/mol. The number of ketones is 1. The first kappa shape index (κ1) is 18.7. The summed E-state index contributed by atoms with van der Waals surface area (Å²) in [6.07, 6.45) is 4.17. The van der Waals surface area contributed by atoms with Crippen LogP contribution in [0.15, 0.2) is 48.0 Å². The van der Waals surface area contributed by atoms with Crippen LogP contribution in [0.25, 0.3) is 5.57 Å². The second kappa shape index (κ2) is 8.04. The first-order chi connectivity index (χ1) is 12.6. The minimum Gasteiger partial charge on any atom is -0.547 e. The van der Waals surface area contributed by atoms with Crippen LogP contribution in [0.2, 0.25) is 13.1 Å². The van der Waals surface area contributed by atoms with Crippen molar-refractivity contribution in [2.24, 2.45) is 0 Å². The molecule has 26 heavy (non-hydrogen) atoms. The molecule has 0 radical (unpaired) electrons. The third kappa shape index (κ3) is 3.54. The third-order valence-corrected chi connectivity index (χ3v) is 5.59. The lowest BCUT2D eigenvalue weighted by molar-refractivity contribution is 0.103. The molecule has 0 saturated carbocycles. The van der Waals surface area contributed by atoms with Crippen LogP contribution in [0.4, 0.5) is 0 Å². The van der Waals surface area contributed by atoms with Gasteiger partial charge in [0.05, 0.1) is 0 Å². The predicted molar refractivity (Wildman–Crippen MR) is 112 cm³/mol. The maximum absolute atomic E-state index is 12.9. The van der Waals surface area contributed by atoms with E-state index in [9.17, 15) is 4.79 Å². The smallest absolute Gasteiger partial charge is 0.229 e. The van der Waals surface area contributed by atoms with Gasteiger partial charge in [0.1, 0.15) is 5.75 Å². The Morgan fingerprint density at radius 3 is 2.35 bits per heavy atom. The average Bonchev–Trinajstić information content (AvgIpc) is 2.92. The largest absolute Gasteiger partial charge is 0.547 e. The number of carbonyl (C=O) groups is 1. The summed E-state index contributed by atoms with van der Waals surface area (Å²) in [7, 11) is -1.25. The molecule has 1 aliphatic carbocycles. The summed E-state index contributed by atoms with van der Waals surface area (Å²) in [5, 5.41) is 0. The summed E-state index contributed by atoms with van der Waals surface area (Å²) >= 11 is 0. The summed E-state index contributed by atoms with van der Waals surface area (Å²) in [5.41, 5.74) is 6.23. The summed E-state index contributed by atoms with van der Waals surface area (Å²) in [5.74, 6) is 1.12. The van der Waals surface area contributed by atoms with Gasteiger partial charge < -0.3 is 4.43 Å². The highest BCUT2D eigenvalue weighted by Gasteiger charge is 2.30. The zero-order valence-corrected chi connectivity index (χ0v) is 17.4. The maximum Gasteiger partial charge on any atom is 0.229 e. The number of Topliss-reactive ketones (excluding diaryl/α,β-unsaturated/α-hetero) is 1. The van der Waals surface area contributed by atoms with Crippen molar-refractivity contribution in [2.45, 2.75) is 52.6 Å². The van der Waals surface area contributed by atoms with Gasteiger partial charge in [-0.3, -0.25) is 4.79 Å². The lowest BCUT2D eigenvalue weighted by atomic mass is 9.94. The van der Waals surface area contributed by atoms with Crippen LogP contribution in [0, 0.1) is 0 Å². The van der Waals surface area contributed by atoms with E-state index < -0.39 is 9.04 Å². The molecule has 0 unspecified atom stereocenters. The van der Waals surface area contributed by atoms with Crippen molar-refractivity contribution in [3.63, 3.8) is 0 Å². The molecule has 0 heterocycles. The standard InChI is InChI=1S/C23H28O2Si/c1-5-7-10-16-13-14-20(21(15-16)25-26(3)4)22-17(6-2)23(24)19-12-9-8-11-18(19)22/h8-9,11-15,26H,5-7,10H2,1-4H3. The highest BCUT2D eigenvalue weighted by Crippen LogP contribution is 2.42. The Bertz CT molecular complexity index is 849. The number of carbonyl (C=O) groups excluding carboxylic acids is 1. The van der Waals surface area contributed by atoms with Gasteiger partial charge in [0.15, 0.2) is 5.78 Å². The molecule has 0 aliphatic heterocycles. The highest BCUT2D eigenvalue weighted by atomic mass is 28.3. The Labute approximate surface area is 158 Å². The fourth-order valence-corrected chi connectivity index (χ4v) is 4.35. The number of rotatable bonds is 7. The van der Waals surface area contributed by atoms with Crippen molar-refractivity contribution in [1.82, 2.24) is 0 Å². The summed E-state index contributed by atoms with van der Waals surface area (Å²) in [6.45, 7) is 8.65. The number of hydrogen-bond donors (Lipinski definition) is 0. The van der Waals surface area contributed by atoms with Gasteiger partial charge in [0, 0.05) is 22.3 Å². The van der Waals surface area contributed by atoms with Gasteiger partial charge in [0.2, 0.25) is 9.04 Å².